The first-order valence-electron chi connectivity index (χ1n) is 6.10. The predicted octanol–water partition coefficient (Wildman–Crippen LogP) is 1.31. The normalized spacial score (nSPS) is 22.6. The van der Waals surface area contributed by atoms with Gasteiger partial charge >= 0.3 is 0 Å². The molecule has 1 fully saturated rings. The Morgan fingerprint density at radius 1 is 1.35 bits per heavy atom. The lowest BCUT2D eigenvalue weighted by atomic mass is 10.2. The first-order chi connectivity index (χ1) is 9.47. The zero-order valence-electron chi connectivity index (χ0n) is 10.4. The summed E-state index contributed by atoms with van der Waals surface area (Å²) in [5.41, 5.74) is 6.44. The van der Waals surface area contributed by atoms with Crippen molar-refractivity contribution in [2.75, 3.05) is 18.8 Å². The summed E-state index contributed by atoms with van der Waals surface area (Å²) in [5.74, 6) is -0.268. The number of carbonyl (C=O) groups excluding carboxylic acids is 1. The molecular weight excluding hydrogens is 300 g/mol. The van der Waals surface area contributed by atoms with Crippen LogP contribution in [0.5, 0.6) is 0 Å². The Hall–Kier alpha value is -1.34. The Morgan fingerprint density at radius 2 is 2.00 bits per heavy atom. The second-order valence-electron chi connectivity index (χ2n) is 4.83. The number of nitrogens with zero attached hydrogens (tertiary/aromatic N) is 1. The number of nitrogens with two attached hydrogens (primary N) is 1. The van der Waals surface area contributed by atoms with Gasteiger partial charge in [-0.3, -0.25) is 4.79 Å². The number of thiophene rings is 1. The van der Waals surface area contributed by atoms with Gasteiger partial charge in [0, 0.05) is 28.2 Å². The summed E-state index contributed by atoms with van der Waals surface area (Å²) in [7, 11) is 0. The lowest BCUT2D eigenvalue weighted by Crippen LogP contribution is -2.29. The molecule has 1 saturated heterocycles. The molecule has 3 rings (SSSR count). The van der Waals surface area contributed by atoms with Crippen molar-refractivity contribution in [3.05, 3.63) is 28.1 Å². The van der Waals surface area contributed by atoms with Crippen molar-refractivity contribution in [1.82, 2.24) is 4.90 Å². The molecule has 20 heavy (non-hydrogen) atoms. The monoisotopic (exact) mass is 312 g/mol. The smallest absolute Gasteiger partial charge is 0.266 e. The third-order valence-electron chi connectivity index (χ3n) is 3.43. The maximum absolute atomic E-state index is 12.4. The second-order valence-corrected chi connectivity index (χ2v) is 6.32. The van der Waals surface area contributed by atoms with Gasteiger partial charge in [0.1, 0.15) is 4.88 Å². The van der Waals surface area contributed by atoms with Gasteiger partial charge in [-0.15, -0.1) is 11.3 Å². The van der Waals surface area contributed by atoms with E-state index in [4.69, 9.17) is 17.3 Å². The molecular formula is C13H13ClN2O3S. The SMILES string of the molecule is Nc1c(C(=O)N2CC(O)C(O)C2)sc2cc(Cl)ccc12. The highest BCUT2D eigenvalue weighted by atomic mass is 35.5. The number of fused-ring (bicyclic) bond motifs is 1. The third-order valence-corrected chi connectivity index (χ3v) is 4.82. The number of amides is 1. The van der Waals surface area contributed by atoms with Gasteiger partial charge in [0.2, 0.25) is 0 Å². The van der Waals surface area contributed by atoms with Gasteiger partial charge in [0.05, 0.1) is 17.9 Å². The number of nitrogen functional groups attached to an aromatic ring is 1. The fraction of sp³-hybridized carbons (Fsp3) is 0.308. The molecule has 0 spiro atoms. The van der Waals surface area contributed by atoms with Gasteiger partial charge in [-0.1, -0.05) is 11.6 Å². The van der Waals surface area contributed by atoms with Crippen molar-refractivity contribution < 1.29 is 15.0 Å². The lowest BCUT2D eigenvalue weighted by molar-refractivity contribution is 0.0572. The molecule has 5 nitrogen and oxygen atoms in total. The molecule has 106 valence electrons. The second kappa shape index (κ2) is 4.89. The first-order valence-corrected chi connectivity index (χ1v) is 7.29. The highest BCUT2D eigenvalue weighted by Gasteiger charge is 2.34. The van der Waals surface area contributed by atoms with E-state index in [2.05, 4.69) is 0 Å². The topological polar surface area (TPSA) is 86.8 Å². The first kappa shape index (κ1) is 13.6. The van der Waals surface area contributed by atoms with E-state index in [1.54, 1.807) is 18.2 Å². The Balaban J connectivity index is 1.98. The van der Waals surface area contributed by atoms with Crippen LogP contribution in [0.25, 0.3) is 10.1 Å². The van der Waals surface area contributed by atoms with Crippen molar-refractivity contribution in [1.29, 1.82) is 0 Å². The van der Waals surface area contributed by atoms with Gasteiger partial charge in [-0.05, 0) is 18.2 Å². The van der Waals surface area contributed by atoms with Crippen molar-refractivity contribution in [2.45, 2.75) is 12.2 Å². The van der Waals surface area contributed by atoms with Crippen LogP contribution in [-0.4, -0.2) is 46.3 Å². The number of carbonyl (C=O) groups is 1. The summed E-state index contributed by atoms with van der Waals surface area (Å²) >= 11 is 7.20. The van der Waals surface area contributed by atoms with E-state index >= 15 is 0 Å². The minimum atomic E-state index is -0.899. The van der Waals surface area contributed by atoms with Crippen LogP contribution in [0.2, 0.25) is 5.02 Å². The molecule has 2 aromatic rings. The summed E-state index contributed by atoms with van der Waals surface area (Å²) in [6.07, 6.45) is -1.80. The number of halogens is 1. The molecule has 7 heteroatoms. The van der Waals surface area contributed by atoms with Crippen LogP contribution < -0.4 is 5.73 Å². The van der Waals surface area contributed by atoms with Crippen molar-refractivity contribution in [3.63, 3.8) is 0 Å². The number of hydrogen-bond donors (Lipinski definition) is 3. The van der Waals surface area contributed by atoms with Gasteiger partial charge in [0.15, 0.2) is 0 Å². The average Bonchev–Trinajstić information content (AvgIpc) is 2.90. The lowest BCUT2D eigenvalue weighted by Gasteiger charge is -2.14. The van der Waals surface area contributed by atoms with E-state index in [0.717, 1.165) is 10.1 Å². The summed E-state index contributed by atoms with van der Waals surface area (Å²) in [5, 5.41) is 20.4. The molecule has 0 aliphatic carbocycles. The van der Waals surface area contributed by atoms with Crippen LogP contribution in [0.1, 0.15) is 9.67 Å². The Bertz CT molecular complexity index is 678. The summed E-state index contributed by atoms with van der Waals surface area (Å²) in [4.78, 5) is 14.2. The molecule has 4 N–H and O–H groups in total. The number of β-amino-alcohol motifs (C(OH)–C–C–N with tert-alkyl or cyclic N) is 2. The van der Waals surface area contributed by atoms with E-state index in [1.165, 1.54) is 16.2 Å². The van der Waals surface area contributed by atoms with E-state index in [1.807, 2.05) is 0 Å². The van der Waals surface area contributed by atoms with Crippen LogP contribution in [0.15, 0.2) is 18.2 Å². The average molecular weight is 313 g/mol. The Kier molecular flexibility index (Phi) is 3.33. The number of likely N-dealkylation sites (tertiary alicyclic amines) is 1. The summed E-state index contributed by atoms with van der Waals surface area (Å²) in [6, 6.07) is 5.28. The summed E-state index contributed by atoms with van der Waals surface area (Å²) < 4.78 is 0.846. The highest BCUT2D eigenvalue weighted by Crippen LogP contribution is 2.36. The van der Waals surface area contributed by atoms with Crippen LogP contribution in [-0.2, 0) is 0 Å². The molecule has 0 bridgehead atoms. The molecule has 1 aromatic heterocycles. The molecule has 1 aromatic carbocycles. The molecule has 0 saturated carbocycles. The standard InChI is InChI=1S/C13H13ClN2O3S/c14-6-1-2-7-10(3-6)20-12(11(7)15)13(19)16-4-8(17)9(18)5-16/h1-3,8-9,17-18H,4-5,15H2. The largest absolute Gasteiger partial charge is 0.397 e. The van der Waals surface area contributed by atoms with Crippen LogP contribution in [0, 0.1) is 0 Å². The fourth-order valence-electron chi connectivity index (χ4n) is 2.33. The molecule has 1 amide bonds. The zero-order valence-corrected chi connectivity index (χ0v) is 12.0. The minimum Gasteiger partial charge on any atom is -0.397 e. The predicted molar refractivity (Wildman–Crippen MR) is 79.2 cm³/mol. The van der Waals surface area contributed by atoms with Gasteiger partial charge in [0.25, 0.3) is 5.91 Å². The maximum atomic E-state index is 12.4. The fourth-order valence-corrected chi connectivity index (χ4v) is 3.70. The molecule has 0 radical (unpaired) electrons. The van der Waals surface area contributed by atoms with Gasteiger partial charge in [-0.2, -0.15) is 0 Å². The molecule has 1 aliphatic heterocycles. The number of benzene rings is 1. The van der Waals surface area contributed by atoms with E-state index < -0.39 is 12.2 Å². The highest BCUT2D eigenvalue weighted by molar-refractivity contribution is 7.21. The quantitative estimate of drug-likeness (QED) is 0.741. The molecule has 1 aliphatic rings. The van der Waals surface area contributed by atoms with Crippen molar-refractivity contribution >= 4 is 44.6 Å². The number of aliphatic hydroxyl groups excluding tert-OH is 2. The third kappa shape index (κ3) is 2.14. The number of rotatable bonds is 1. The molecule has 2 atom stereocenters. The van der Waals surface area contributed by atoms with Crippen LogP contribution >= 0.6 is 22.9 Å². The maximum Gasteiger partial charge on any atom is 0.266 e. The van der Waals surface area contributed by atoms with Crippen LogP contribution in [0.4, 0.5) is 5.69 Å². The number of hydrogen-bond acceptors (Lipinski definition) is 5. The van der Waals surface area contributed by atoms with E-state index in [9.17, 15) is 15.0 Å². The number of anilines is 1. The number of aliphatic hydroxyl groups is 2. The zero-order chi connectivity index (χ0) is 14.4. The van der Waals surface area contributed by atoms with E-state index in [0.29, 0.717) is 15.6 Å². The van der Waals surface area contributed by atoms with Crippen LogP contribution in [0.3, 0.4) is 0 Å². The van der Waals surface area contributed by atoms with Crippen molar-refractivity contribution in [2.24, 2.45) is 0 Å². The van der Waals surface area contributed by atoms with Crippen molar-refractivity contribution in [3.8, 4) is 0 Å². The Morgan fingerprint density at radius 3 is 2.65 bits per heavy atom. The minimum absolute atomic E-state index is 0.119. The molecule has 2 unspecified atom stereocenters. The Labute approximate surface area is 124 Å². The van der Waals surface area contributed by atoms with Gasteiger partial charge < -0.3 is 20.8 Å². The van der Waals surface area contributed by atoms with E-state index in [-0.39, 0.29) is 19.0 Å². The summed E-state index contributed by atoms with van der Waals surface area (Å²) in [6.45, 7) is 0.239. The van der Waals surface area contributed by atoms with Gasteiger partial charge in [-0.25, -0.2) is 0 Å². The molecule has 2 heterocycles.